The number of halogens is 1. The zero-order chi connectivity index (χ0) is 15.0. The molecule has 3 nitrogen and oxygen atoms in total. The molecule has 0 saturated carbocycles. The molecule has 0 aromatic heterocycles. The van der Waals surface area contributed by atoms with Gasteiger partial charge in [0.15, 0.2) is 0 Å². The van der Waals surface area contributed by atoms with Crippen LogP contribution < -0.4 is 10.1 Å². The van der Waals surface area contributed by atoms with Crippen LogP contribution in [-0.2, 0) is 11.2 Å². The maximum Gasteiger partial charge on any atom is 0.228 e. The van der Waals surface area contributed by atoms with Gasteiger partial charge >= 0.3 is 0 Å². The van der Waals surface area contributed by atoms with Gasteiger partial charge < -0.3 is 10.1 Å². The molecule has 1 N–H and O–H groups in total. The molecule has 0 saturated heterocycles. The molecule has 1 amide bonds. The first-order chi connectivity index (χ1) is 10.0. The molecule has 0 fully saturated rings. The van der Waals surface area contributed by atoms with Crippen molar-refractivity contribution in [2.45, 2.75) is 26.4 Å². The van der Waals surface area contributed by atoms with E-state index in [0.717, 1.165) is 22.4 Å². The van der Waals surface area contributed by atoms with E-state index in [1.54, 1.807) is 0 Å². The third-order valence-electron chi connectivity index (χ3n) is 3.36. The third-order valence-corrected chi connectivity index (χ3v) is 3.66. The second-order valence-corrected chi connectivity index (χ2v) is 5.79. The predicted octanol–water partition coefficient (Wildman–Crippen LogP) is 4.29. The van der Waals surface area contributed by atoms with Crippen LogP contribution in [0.5, 0.6) is 5.75 Å². The van der Waals surface area contributed by atoms with E-state index in [4.69, 9.17) is 16.3 Å². The number of para-hydroxylation sites is 1. The van der Waals surface area contributed by atoms with Crippen molar-refractivity contribution >= 4 is 23.2 Å². The summed E-state index contributed by atoms with van der Waals surface area (Å²) in [7, 11) is 0. The van der Waals surface area contributed by atoms with Crippen molar-refractivity contribution in [2.75, 3.05) is 5.32 Å². The highest BCUT2D eigenvalue weighted by molar-refractivity contribution is 6.32. The molecule has 2 aromatic rings. The molecule has 0 unspecified atom stereocenters. The van der Waals surface area contributed by atoms with E-state index in [1.807, 2.05) is 50.2 Å². The fourth-order valence-corrected chi connectivity index (χ4v) is 2.71. The van der Waals surface area contributed by atoms with Crippen LogP contribution in [0.3, 0.4) is 0 Å². The van der Waals surface area contributed by atoms with Gasteiger partial charge in [-0.2, -0.15) is 0 Å². The van der Waals surface area contributed by atoms with Crippen LogP contribution in [0.15, 0.2) is 36.4 Å². The van der Waals surface area contributed by atoms with Gasteiger partial charge in [0.2, 0.25) is 5.91 Å². The molecular weight excluding hydrogens is 286 g/mol. The van der Waals surface area contributed by atoms with Gasteiger partial charge in [-0.3, -0.25) is 4.79 Å². The Morgan fingerprint density at radius 3 is 2.81 bits per heavy atom. The average Bonchev–Trinajstić information content (AvgIpc) is 2.79. The van der Waals surface area contributed by atoms with Crippen LogP contribution in [0, 0.1) is 0 Å². The molecule has 0 spiro atoms. The lowest BCUT2D eigenvalue weighted by atomic mass is 10.0. The van der Waals surface area contributed by atoms with Crippen molar-refractivity contribution in [1.29, 1.82) is 0 Å². The van der Waals surface area contributed by atoms with E-state index in [9.17, 15) is 4.79 Å². The highest BCUT2D eigenvalue weighted by atomic mass is 35.5. The molecule has 0 aliphatic carbocycles. The van der Waals surface area contributed by atoms with Crippen molar-refractivity contribution in [3.8, 4) is 16.9 Å². The van der Waals surface area contributed by atoms with Gasteiger partial charge in [0.1, 0.15) is 5.75 Å². The summed E-state index contributed by atoms with van der Waals surface area (Å²) in [5, 5.41) is 3.43. The lowest BCUT2D eigenvalue weighted by Gasteiger charge is -2.16. The number of fused-ring (bicyclic) bond motifs is 1. The quantitative estimate of drug-likeness (QED) is 0.918. The maximum atomic E-state index is 11.5. The molecular formula is C17H16ClNO2. The van der Waals surface area contributed by atoms with Crippen LogP contribution in [0.4, 0.5) is 5.69 Å². The second-order valence-electron chi connectivity index (χ2n) is 5.38. The summed E-state index contributed by atoms with van der Waals surface area (Å²) in [5.74, 6) is 0.721. The van der Waals surface area contributed by atoms with E-state index in [-0.39, 0.29) is 12.0 Å². The van der Waals surface area contributed by atoms with Crippen LogP contribution in [0.2, 0.25) is 5.02 Å². The largest absolute Gasteiger partial charge is 0.489 e. The number of anilines is 1. The fraction of sp³-hybridized carbons (Fsp3) is 0.235. The van der Waals surface area contributed by atoms with E-state index in [2.05, 4.69) is 5.32 Å². The van der Waals surface area contributed by atoms with Gasteiger partial charge in [0, 0.05) is 11.3 Å². The minimum Gasteiger partial charge on any atom is -0.489 e. The van der Waals surface area contributed by atoms with Gasteiger partial charge in [0.05, 0.1) is 17.5 Å². The van der Waals surface area contributed by atoms with E-state index >= 15 is 0 Å². The van der Waals surface area contributed by atoms with Crippen molar-refractivity contribution in [1.82, 2.24) is 0 Å². The Bertz CT molecular complexity index is 710. The van der Waals surface area contributed by atoms with Crippen molar-refractivity contribution in [3.05, 3.63) is 47.0 Å². The minimum absolute atomic E-state index is 0.0342. The Labute approximate surface area is 128 Å². The number of benzene rings is 2. The van der Waals surface area contributed by atoms with Crippen molar-refractivity contribution in [2.24, 2.45) is 0 Å². The molecule has 0 atom stereocenters. The Kier molecular flexibility index (Phi) is 3.60. The summed E-state index contributed by atoms with van der Waals surface area (Å²) in [6.45, 7) is 3.94. The van der Waals surface area contributed by atoms with E-state index in [1.165, 1.54) is 0 Å². The summed E-state index contributed by atoms with van der Waals surface area (Å²) in [5.41, 5.74) is 3.84. The smallest absolute Gasteiger partial charge is 0.228 e. The summed E-state index contributed by atoms with van der Waals surface area (Å²) in [6.07, 6.45) is 0.464. The average molecular weight is 302 g/mol. The summed E-state index contributed by atoms with van der Waals surface area (Å²) >= 11 is 6.27. The van der Waals surface area contributed by atoms with E-state index in [0.29, 0.717) is 17.2 Å². The third kappa shape index (κ3) is 2.74. The molecule has 0 radical (unpaired) electrons. The number of ether oxygens (including phenoxy) is 1. The van der Waals surface area contributed by atoms with Gasteiger partial charge in [-0.25, -0.2) is 0 Å². The summed E-state index contributed by atoms with van der Waals surface area (Å²) in [6, 6.07) is 11.6. The first kappa shape index (κ1) is 14.0. The second kappa shape index (κ2) is 5.41. The standard InChI is InChI=1S/C17H16ClNO2/c1-10(2)21-17-13(4-3-5-14(17)18)11-6-7-15-12(8-11)9-16(20)19-15/h3-8,10H,9H2,1-2H3,(H,19,20). The lowest BCUT2D eigenvalue weighted by Crippen LogP contribution is -2.07. The van der Waals surface area contributed by atoms with E-state index < -0.39 is 0 Å². The zero-order valence-electron chi connectivity index (χ0n) is 11.9. The van der Waals surface area contributed by atoms with Crippen LogP contribution in [0.1, 0.15) is 19.4 Å². The minimum atomic E-state index is 0.0342. The molecule has 2 aromatic carbocycles. The number of hydrogen-bond acceptors (Lipinski definition) is 2. The molecule has 4 heteroatoms. The highest BCUT2D eigenvalue weighted by Gasteiger charge is 2.19. The lowest BCUT2D eigenvalue weighted by molar-refractivity contribution is -0.115. The number of nitrogens with one attached hydrogen (secondary N) is 1. The Hall–Kier alpha value is -2.00. The number of amides is 1. The Balaban J connectivity index is 2.07. The number of hydrogen-bond donors (Lipinski definition) is 1. The van der Waals surface area contributed by atoms with Crippen LogP contribution in [0.25, 0.3) is 11.1 Å². The number of carbonyl (C=O) groups is 1. The number of rotatable bonds is 3. The monoisotopic (exact) mass is 301 g/mol. The predicted molar refractivity (Wildman–Crippen MR) is 85.0 cm³/mol. The van der Waals surface area contributed by atoms with Crippen LogP contribution >= 0.6 is 11.6 Å². The van der Waals surface area contributed by atoms with Gasteiger partial charge in [-0.05, 0) is 43.2 Å². The molecule has 3 rings (SSSR count). The molecule has 1 heterocycles. The molecule has 1 aliphatic rings. The van der Waals surface area contributed by atoms with Gasteiger partial charge in [0.25, 0.3) is 0 Å². The first-order valence-electron chi connectivity index (χ1n) is 6.93. The topological polar surface area (TPSA) is 38.3 Å². The van der Waals surface area contributed by atoms with Gasteiger partial charge in [-0.1, -0.05) is 29.8 Å². The van der Waals surface area contributed by atoms with Crippen LogP contribution in [-0.4, -0.2) is 12.0 Å². The van der Waals surface area contributed by atoms with Crippen molar-refractivity contribution < 1.29 is 9.53 Å². The SMILES string of the molecule is CC(C)Oc1c(Cl)cccc1-c1ccc2c(c1)CC(=O)N2. The molecule has 0 bridgehead atoms. The van der Waals surface area contributed by atoms with Gasteiger partial charge in [-0.15, -0.1) is 0 Å². The number of carbonyl (C=O) groups excluding carboxylic acids is 1. The zero-order valence-corrected chi connectivity index (χ0v) is 12.7. The normalized spacial score (nSPS) is 13.2. The Morgan fingerprint density at radius 1 is 1.24 bits per heavy atom. The highest BCUT2D eigenvalue weighted by Crippen LogP contribution is 2.38. The Morgan fingerprint density at radius 2 is 2.05 bits per heavy atom. The maximum absolute atomic E-state index is 11.5. The first-order valence-corrected chi connectivity index (χ1v) is 7.30. The summed E-state index contributed by atoms with van der Waals surface area (Å²) < 4.78 is 5.86. The molecule has 1 aliphatic heterocycles. The fourth-order valence-electron chi connectivity index (χ4n) is 2.49. The molecule has 21 heavy (non-hydrogen) atoms. The summed E-state index contributed by atoms with van der Waals surface area (Å²) in [4.78, 5) is 11.5. The molecule has 108 valence electrons. The van der Waals surface area contributed by atoms with Crippen molar-refractivity contribution in [3.63, 3.8) is 0 Å².